The van der Waals surface area contributed by atoms with E-state index in [0.29, 0.717) is 6.61 Å². The summed E-state index contributed by atoms with van der Waals surface area (Å²) in [6.45, 7) is 1.20. The van der Waals surface area contributed by atoms with E-state index in [1.807, 2.05) is 0 Å². The molecule has 0 aromatic carbocycles. The molecule has 1 unspecified atom stereocenters. The maximum Gasteiger partial charge on any atom is 0.226 e. The lowest BCUT2D eigenvalue weighted by molar-refractivity contribution is -0.130. The quantitative estimate of drug-likeness (QED) is 0.239. The van der Waals surface area contributed by atoms with Crippen LogP contribution in [-0.4, -0.2) is 35.7 Å². The van der Waals surface area contributed by atoms with Crippen LogP contribution in [0.4, 0.5) is 0 Å². The van der Waals surface area contributed by atoms with Crippen LogP contribution in [0.5, 0.6) is 0 Å². The van der Waals surface area contributed by atoms with Gasteiger partial charge < -0.3 is 21.0 Å². The number of oxime groups is 1. The number of carbonyl (C=O) groups excluding carboxylic acids is 1. The molecule has 6 nitrogen and oxygen atoms in total. The average Bonchev–Trinajstić information content (AvgIpc) is 2.74. The fraction of sp³-hybridized carbons (Fsp3) is 0.857. The molecule has 2 rings (SSSR count). The molecule has 114 valence electrons. The molecule has 0 radical (unpaired) electrons. The highest BCUT2D eigenvalue weighted by atomic mass is 16.5. The van der Waals surface area contributed by atoms with Gasteiger partial charge in [-0.3, -0.25) is 4.79 Å². The van der Waals surface area contributed by atoms with Crippen molar-refractivity contribution in [1.29, 1.82) is 0 Å². The molecule has 6 heteroatoms. The van der Waals surface area contributed by atoms with Crippen LogP contribution in [0.25, 0.3) is 0 Å². The maximum absolute atomic E-state index is 12.4. The number of rotatable bonds is 3. The number of nitrogens with zero attached hydrogens (tertiary/aromatic N) is 1. The molecule has 1 heterocycles. The van der Waals surface area contributed by atoms with Crippen molar-refractivity contribution in [2.24, 2.45) is 16.8 Å². The van der Waals surface area contributed by atoms with Gasteiger partial charge in [0.2, 0.25) is 5.91 Å². The minimum Gasteiger partial charge on any atom is -0.409 e. The predicted molar refractivity (Wildman–Crippen MR) is 75.5 cm³/mol. The summed E-state index contributed by atoms with van der Waals surface area (Å²) in [5, 5.41) is 15.3. The van der Waals surface area contributed by atoms with E-state index in [9.17, 15) is 4.79 Å². The number of amides is 1. The van der Waals surface area contributed by atoms with Gasteiger partial charge in [0.15, 0.2) is 5.84 Å². The lowest BCUT2D eigenvalue weighted by Gasteiger charge is -2.34. The first-order chi connectivity index (χ1) is 9.68. The molecular formula is C14H25N3O3. The highest BCUT2D eigenvalue weighted by Gasteiger charge is 2.38. The Balaban J connectivity index is 2.08. The van der Waals surface area contributed by atoms with Crippen LogP contribution in [0, 0.1) is 5.92 Å². The van der Waals surface area contributed by atoms with E-state index in [1.54, 1.807) is 0 Å². The van der Waals surface area contributed by atoms with Gasteiger partial charge in [0, 0.05) is 6.61 Å². The summed E-state index contributed by atoms with van der Waals surface area (Å²) in [7, 11) is 0. The number of hydrogen-bond acceptors (Lipinski definition) is 4. The molecule has 20 heavy (non-hydrogen) atoms. The molecule has 2 aliphatic rings. The summed E-state index contributed by atoms with van der Waals surface area (Å²) >= 11 is 0. The molecule has 2 fully saturated rings. The first-order valence-corrected chi connectivity index (χ1v) is 7.56. The Hall–Kier alpha value is -1.30. The highest BCUT2D eigenvalue weighted by molar-refractivity contribution is 5.94. The van der Waals surface area contributed by atoms with Gasteiger partial charge in [-0.25, -0.2) is 0 Å². The van der Waals surface area contributed by atoms with Crippen LogP contribution in [0.3, 0.4) is 0 Å². The number of amidine groups is 1. The van der Waals surface area contributed by atoms with Gasteiger partial charge in [0.1, 0.15) is 5.54 Å². The molecule has 1 aliphatic carbocycles. The van der Waals surface area contributed by atoms with Gasteiger partial charge in [-0.15, -0.1) is 0 Å². The average molecular weight is 283 g/mol. The predicted octanol–water partition coefficient (Wildman–Crippen LogP) is 1.37. The van der Waals surface area contributed by atoms with E-state index < -0.39 is 5.54 Å². The fourth-order valence-corrected chi connectivity index (χ4v) is 3.16. The highest BCUT2D eigenvalue weighted by Crippen LogP contribution is 2.28. The number of nitrogens with one attached hydrogen (secondary N) is 1. The Labute approximate surface area is 119 Å². The van der Waals surface area contributed by atoms with Crippen molar-refractivity contribution in [2.75, 3.05) is 13.2 Å². The lowest BCUT2D eigenvalue weighted by atomic mass is 9.87. The minimum absolute atomic E-state index is 0.0294. The standard InChI is InChI=1S/C14H25N3O3/c15-13(17-19)14(7-3-1-2-4-8-14)16-12(18)11-6-5-9-20-10-11/h11,19H,1-10H2,(H2,15,17)(H,16,18). The molecule has 1 saturated heterocycles. The molecule has 0 aromatic heterocycles. The van der Waals surface area contributed by atoms with Gasteiger partial charge in [0.25, 0.3) is 0 Å². The fourth-order valence-electron chi connectivity index (χ4n) is 3.16. The van der Waals surface area contributed by atoms with Gasteiger partial charge in [0.05, 0.1) is 12.5 Å². The molecule has 0 spiro atoms. The van der Waals surface area contributed by atoms with E-state index in [4.69, 9.17) is 15.7 Å². The number of nitrogens with two attached hydrogens (primary N) is 1. The summed E-state index contributed by atoms with van der Waals surface area (Å²) in [6, 6.07) is 0. The zero-order chi connectivity index (χ0) is 14.4. The van der Waals surface area contributed by atoms with E-state index in [1.165, 1.54) is 0 Å². The maximum atomic E-state index is 12.4. The molecule has 1 aliphatic heterocycles. The summed E-state index contributed by atoms with van der Waals surface area (Å²) in [4.78, 5) is 12.4. The molecule has 4 N–H and O–H groups in total. The van der Waals surface area contributed by atoms with Crippen molar-refractivity contribution >= 4 is 11.7 Å². The normalized spacial score (nSPS) is 27.6. The monoisotopic (exact) mass is 283 g/mol. The van der Waals surface area contributed by atoms with Crippen molar-refractivity contribution < 1.29 is 14.7 Å². The smallest absolute Gasteiger partial charge is 0.226 e. The molecule has 0 bridgehead atoms. The molecule has 1 atom stereocenters. The Kier molecular flexibility index (Phi) is 5.23. The topological polar surface area (TPSA) is 96.9 Å². The second-order valence-corrected chi connectivity index (χ2v) is 5.88. The van der Waals surface area contributed by atoms with Crippen molar-refractivity contribution in [3.05, 3.63) is 0 Å². The molecule has 1 amide bonds. The number of ether oxygens (including phenoxy) is 1. The second-order valence-electron chi connectivity index (χ2n) is 5.88. The van der Waals surface area contributed by atoms with E-state index in [0.717, 1.165) is 58.0 Å². The van der Waals surface area contributed by atoms with Crippen LogP contribution < -0.4 is 11.1 Å². The minimum atomic E-state index is -0.681. The van der Waals surface area contributed by atoms with Crippen LogP contribution in [0.1, 0.15) is 51.4 Å². The first-order valence-electron chi connectivity index (χ1n) is 7.56. The van der Waals surface area contributed by atoms with Crippen molar-refractivity contribution in [3.63, 3.8) is 0 Å². The van der Waals surface area contributed by atoms with Gasteiger partial charge in [-0.05, 0) is 25.7 Å². The third-order valence-electron chi connectivity index (χ3n) is 4.45. The third kappa shape index (κ3) is 3.42. The van der Waals surface area contributed by atoms with Gasteiger partial charge in [-0.1, -0.05) is 30.8 Å². The van der Waals surface area contributed by atoms with Crippen LogP contribution in [0.15, 0.2) is 5.16 Å². The molecular weight excluding hydrogens is 258 g/mol. The number of carbonyl (C=O) groups is 1. The largest absolute Gasteiger partial charge is 0.409 e. The SMILES string of the molecule is NC(=NO)C1(NC(=O)C2CCCOC2)CCCCCC1. The van der Waals surface area contributed by atoms with E-state index in [2.05, 4.69) is 10.5 Å². The molecule has 0 aromatic rings. The summed E-state index contributed by atoms with van der Waals surface area (Å²) in [5.41, 5.74) is 5.20. The van der Waals surface area contributed by atoms with E-state index in [-0.39, 0.29) is 17.7 Å². The zero-order valence-electron chi connectivity index (χ0n) is 11.9. The van der Waals surface area contributed by atoms with Gasteiger partial charge in [-0.2, -0.15) is 0 Å². The Morgan fingerprint density at radius 2 is 1.95 bits per heavy atom. The Morgan fingerprint density at radius 3 is 2.50 bits per heavy atom. The van der Waals surface area contributed by atoms with Crippen molar-refractivity contribution in [1.82, 2.24) is 5.32 Å². The number of hydrogen-bond donors (Lipinski definition) is 3. The second kappa shape index (κ2) is 6.92. The summed E-state index contributed by atoms with van der Waals surface area (Å²) in [6.07, 6.45) is 7.46. The van der Waals surface area contributed by atoms with E-state index >= 15 is 0 Å². The molecule has 1 saturated carbocycles. The third-order valence-corrected chi connectivity index (χ3v) is 4.45. The lowest BCUT2D eigenvalue weighted by Crippen LogP contribution is -2.59. The zero-order valence-corrected chi connectivity index (χ0v) is 11.9. The van der Waals surface area contributed by atoms with Crippen molar-refractivity contribution in [2.45, 2.75) is 56.9 Å². The Morgan fingerprint density at radius 1 is 1.25 bits per heavy atom. The van der Waals surface area contributed by atoms with Crippen LogP contribution >= 0.6 is 0 Å². The first kappa shape index (κ1) is 15.1. The van der Waals surface area contributed by atoms with Gasteiger partial charge >= 0.3 is 0 Å². The van der Waals surface area contributed by atoms with Crippen LogP contribution in [0.2, 0.25) is 0 Å². The Bertz CT molecular complexity index is 357. The van der Waals surface area contributed by atoms with Crippen LogP contribution in [-0.2, 0) is 9.53 Å². The summed E-state index contributed by atoms with van der Waals surface area (Å²) < 4.78 is 5.37. The summed E-state index contributed by atoms with van der Waals surface area (Å²) in [5.74, 6) is -0.0157. The van der Waals surface area contributed by atoms with Crippen molar-refractivity contribution in [3.8, 4) is 0 Å².